The van der Waals surface area contributed by atoms with Crippen LogP contribution in [0.25, 0.3) is 0 Å². The largest absolute Gasteiger partial charge is 0.314 e. The number of rotatable bonds is 5. The molecule has 1 fully saturated rings. The van der Waals surface area contributed by atoms with E-state index in [-0.39, 0.29) is 0 Å². The molecular weight excluding hydrogens is 208 g/mol. The Balaban J connectivity index is 2.08. The van der Waals surface area contributed by atoms with Crippen LogP contribution in [0.4, 0.5) is 0 Å². The minimum absolute atomic E-state index is 0.745. The zero-order chi connectivity index (χ0) is 12.3. The monoisotopic (exact) mass is 232 g/mol. The highest BCUT2D eigenvalue weighted by atomic mass is 15.2. The van der Waals surface area contributed by atoms with Crippen molar-refractivity contribution in [2.75, 3.05) is 19.6 Å². The molecule has 1 aliphatic heterocycles. The van der Waals surface area contributed by atoms with E-state index in [1.165, 1.54) is 29.7 Å². The molecule has 1 aromatic carbocycles. The number of aryl methyl sites for hydroxylation is 1. The van der Waals surface area contributed by atoms with E-state index in [0.717, 1.165) is 25.7 Å². The molecular formula is C15H24N2. The second kappa shape index (κ2) is 5.65. The van der Waals surface area contributed by atoms with Gasteiger partial charge in [0, 0.05) is 25.7 Å². The van der Waals surface area contributed by atoms with E-state index in [4.69, 9.17) is 0 Å². The van der Waals surface area contributed by atoms with Gasteiger partial charge in [0.2, 0.25) is 0 Å². The molecule has 0 atom stereocenters. The Morgan fingerprint density at radius 2 is 2.06 bits per heavy atom. The molecule has 0 aliphatic carbocycles. The Kier molecular flexibility index (Phi) is 4.19. The van der Waals surface area contributed by atoms with Gasteiger partial charge in [-0.15, -0.1) is 0 Å². The van der Waals surface area contributed by atoms with Crippen LogP contribution in [0.3, 0.4) is 0 Å². The summed E-state index contributed by atoms with van der Waals surface area (Å²) in [4.78, 5) is 2.62. The third-order valence-electron chi connectivity index (χ3n) is 3.88. The van der Waals surface area contributed by atoms with E-state index < -0.39 is 0 Å². The van der Waals surface area contributed by atoms with Gasteiger partial charge in [-0.3, -0.25) is 4.90 Å². The zero-order valence-electron chi connectivity index (χ0n) is 11.3. The lowest BCUT2D eigenvalue weighted by Crippen LogP contribution is -2.57. The van der Waals surface area contributed by atoms with Crippen molar-refractivity contribution in [3.05, 3.63) is 34.9 Å². The first-order valence-electron chi connectivity index (χ1n) is 6.72. The van der Waals surface area contributed by atoms with E-state index in [2.05, 4.69) is 49.2 Å². The van der Waals surface area contributed by atoms with Gasteiger partial charge in [0.25, 0.3) is 0 Å². The Hall–Kier alpha value is -0.860. The van der Waals surface area contributed by atoms with Gasteiger partial charge in [0.1, 0.15) is 0 Å². The summed E-state index contributed by atoms with van der Waals surface area (Å²) in [5, 5.41) is 3.37. The number of hydrogen-bond donors (Lipinski definition) is 1. The quantitative estimate of drug-likeness (QED) is 0.839. The third kappa shape index (κ3) is 2.88. The molecule has 0 amide bonds. The van der Waals surface area contributed by atoms with Gasteiger partial charge in [0.05, 0.1) is 0 Å². The van der Waals surface area contributed by atoms with Gasteiger partial charge in [-0.05, 0) is 43.5 Å². The topological polar surface area (TPSA) is 15.3 Å². The number of hydrogen-bond acceptors (Lipinski definition) is 2. The summed E-state index contributed by atoms with van der Waals surface area (Å²) in [5.74, 6) is 0. The molecule has 2 heteroatoms. The van der Waals surface area contributed by atoms with Crippen molar-refractivity contribution < 1.29 is 0 Å². The summed E-state index contributed by atoms with van der Waals surface area (Å²) in [6.07, 6.45) is 1.24. The first-order chi connectivity index (χ1) is 8.22. The first kappa shape index (κ1) is 12.6. The highest BCUT2D eigenvalue weighted by Gasteiger charge is 2.24. The molecule has 1 saturated heterocycles. The highest BCUT2D eigenvalue weighted by molar-refractivity contribution is 5.33. The smallest absolute Gasteiger partial charge is 0.0348 e. The molecule has 2 nitrogen and oxygen atoms in total. The number of nitrogens with zero attached hydrogens (tertiary/aromatic N) is 1. The summed E-state index contributed by atoms with van der Waals surface area (Å²) in [5.41, 5.74) is 4.36. The fourth-order valence-electron chi connectivity index (χ4n) is 2.41. The van der Waals surface area contributed by atoms with Gasteiger partial charge in [-0.25, -0.2) is 0 Å². The lowest BCUT2D eigenvalue weighted by Gasteiger charge is -2.38. The van der Waals surface area contributed by atoms with Gasteiger partial charge < -0.3 is 5.32 Å². The van der Waals surface area contributed by atoms with Crippen LogP contribution in [0.1, 0.15) is 30.0 Å². The average Bonchev–Trinajstić information content (AvgIpc) is 2.22. The molecule has 17 heavy (non-hydrogen) atoms. The van der Waals surface area contributed by atoms with Crippen LogP contribution in [0.15, 0.2) is 18.2 Å². The normalized spacial score (nSPS) is 16.2. The van der Waals surface area contributed by atoms with Crippen LogP contribution in [0.5, 0.6) is 0 Å². The molecule has 1 heterocycles. The minimum atomic E-state index is 0.745. The summed E-state index contributed by atoms with van der Waals surface area (Å²) in [6, 6.07) is 7.40. The zero-order valence-corrected chi connectivity index (χ0v) is 11.3. The van der Waals surface area contributed by atoms with Crippen molar-refractivity contribution in [3.8, 4) is 0 Å². The molecule has 0 bridgehead atoms. The van der Waals surface area contributed by atoms with Crippen molar-refractivity contribution in [3.63, 3.8) is 0 Å². The van der Waals surface area contributed by atoms with Crippen LogP contribution in [0, 0.1) is 13.8 Å². The van der Waals surface area contributed by atoms with Gasteiger partial charge in [-0.1, -0.05) is 25.1 Å². The van der Waals surface area contributed by atoms with Gasteiger partial charge >= 0.3 is 0 Å². The standard InChI is InChI=1S/C15H24N2/c1-4-8-17(15-9-16-10-15)11-14-7-5-6-12(2)13(14)3/h5-7,15-16H,4,8-11H2,1-3H3. The van der Waals surface area contributed by atoms with Crippen molar-refractivity contribution in [2.24, 2.45) is 0 Å². The van der Waals surface area contributed by atoms with E-state index in [9.17, 15) is 0 Å². The molecule has 0 aromatic heterocycles. The fraction of sp³-hybridized carbons (Fsp3) is 0.600. The second-order valence-corrected chi connectivity index (χ2v) is 5.14. The molecule has 1 aliphatic rings. The SMILES string of the molecule is CCCN(Cc1cccc(C)c1C)C1CNC1. The number of benzene rings is 1. The maximum Gasteiger partial charge on any atom is 0.0348 e. The van der Waals surface area contributed by atoms with E-state index >= 15 is 0 Å². The molecule has 94 valence electrons. The Bertz CT molecular complexity index is 369. The van der Waals surface area contributed by atoms with Crippen LogP contribution >= 0.6 is 0 Å². The van der Waals surface area contributed by atoms with E-state index in [1.54, 1.807) is 0 Å². The Morgan fingerprint density at radius 1 is 1.29 bits per heavy atom. The van der Waals surface area contributed by atoms with Crippen molar-refractivity contribution >= 4 is 0 Å². The second-order valence-electron chi connectivity index (χ2n) is 5.14. The Labute approximate surface area is 105 Å². The van der Waals surface area contributed by atoms with E-state index in [1.807, 2.05) is 0 Å². The maximum absolute atomic E-state index is 3.37. The van der Waals surface area contributed by atoms with Gasteiger partial charge in [-0.2, -0.15) is 0 Å². The molecule has 1 N–H and O–H groups in total. The summed E-state index contributed by atoms with van der Waals surface area (Å²) in [6.45, 7) is 11.3. The van der Waals surface area contributed by atoms with E-state index in [0.29, 0.717) is 0 Å². The molecule has 1 aromatic rings. The predicted octanol–water partition coefficient (Wildman–Crippen LogP) is 2.49. The summed E-state index contributed by atoms with van der Waals surface area (Å²) in [7, 11) is 0. The third-order valence-corrected chi connectivity index (χ3v) is 3.88. The van der Waals surface area contributed by atoms with Crippen LogP contribution < -0.4 is 5.32 Å². The number of nitrogens with one attached hydrogen (secondary N) is 1. The fourth-order valence-corrected chi connectivity index (χ4v) is 2.41. The maximum atomic E-state index is 3.37. The van der Waals surface area contributed by atoms with Crippen molar-refractivity contribution in [1.29, 1.82) is 0 Å². The van der Waals surface area contributed by atoms with Crippen molar-refractivity contribution in [2.45, 2.75) is 39.8 Å². The lowest BCUT2D eigenvalue weighted by molar-refractivity contribution is 0.137. The van der Waals surface area contributed by atoms with Crippen molar-refractivity contribution in [1.82, 2.24) is 10.2 Å². The molecule has 0 saturated carbocycles. The Morgan fingerprint density at radius 3 is 2.65 bits per heavy atom. The molecule has 0 spiro atoms. The molecule has 0 radical (unpaired) electrons. The summed E-state index contributed by atoms with van der Waals surface area (Å²) < 4.78 is 0. The summed E-state index contributed by atoms with van der Waals surface area (Å²) >= 11 is 0. The average molecular weight is 232 g/mol. The highest BCUT2D eigenvalue weighted by Crippen LogP contribution is 2.17. The predicted molar refractivity (Wildman–Crippen MR) is 73.3 cm³/mol. The molecule has 2 rings (SSSR count). The first-order valence-corrected chi connectivity index (χ1v) is 6.72. The minimum Gasteiger partial charge on any atom is -0.314 e. The van der Waals surface area contributed by atoms with Crippen LogP contribution in [-0.2, 0) is 6.54 Å². The van der Waals surface area contributed by atoms with Crippen LogP contribution in [0.2, 0.25) is 0 Å². The lowest BCUT2D eigenvalue weighted by atomic mass is 10.0. The molecule has 0 unspecified atom stereocenters. The van der Waals surface area contributed by atoms with Gasteiger partial charge in [0.15, 0.2) is 0 Å². The van der Waals surface area contributed by atoms with Crippen LogP contribution in [-0.4, -0.2) is 30.6 Å².